The molecule has 0 bridgehead atoms. The minimum atomic E-state index is -3.51. The van der Waals surface area contributed by atoms with Gasteiger partial charge in [-0.3, -0.25) is 0 Å². The molecule has 1 atom stereocenters. The van der Waals surface area contributed by atoms with Crippen LogP contribution in [0, 0.1) is 11.3 Å². The van der Waals surface area contributed by atoms with Crippen molar-refractivity contribution in [2.24, 2.45) is 0 Å². The summed E-state index contributed by atoms with van der Waals surface area (Å²) in [6, 6.07) is 4.70. The van der Waals surface area contributed by atoms with Gasteiger partial charge in [-0.25, -0.2) is 18.2 Å². The first-order valence-corrected chi connectivity index (χ1v) is 9.30. The van der Waals surface area contributed by atoms with Crippen LogP contribution in [0.25, 0.3) is 0 Å². The number of pyridine rings is 1. The summed E-state index contributed by atoms with van der Waals surface area (Å²) in [5.74, 6) is -0.409. The van der Waals surface area contributed by atoms with Gasteiger partial charge in [0.1, 0.15) is 6.07 Å². The molecule has 1 aromatic heterocycles. The second-order valence-electron chi connectivity index (χ2n) is 5.36. The van der Waals surface area contributed by atoms with E-state index in [1.165, 1.54) is 18.3 Å². The molecular formula is C16H19N3O4S. The molecule has 2 rings (SSSR count). The van der Waals surface area contributed by atoms with E-state index >= 15 is 0 Å². The molecule has 0 spiro atoms. The van der Waals surface area contributed by atoms with E-state index in [1.807, 2.05) is 12.1 Å². The van der Waals surface area contributed by atoms with Crippen LogP contribution in [0.15, 0.2) is 35.0 Å². The summed E-state index contributed by atoms with van der Waals surface area (Å²) in [7, 11) is -3.51. The van der Waals surface area contributed by atoms with Crippen LogP contribution in [0.2, 0.25) is 0 Å². The lowest BCUT2D eigenvalue weighted by Crippen LogP contribution is -2.32. The Balaban J connectivity index is 1.82. The van der Waals surface area contributed by atoms with Gasteiger partial charge in [-0.2, -0.15) is 5.26 Å². The SMILES string of the molecule is CCOC(=O)C1=CCC(NCCS(=O)(=O)c2ccc(C#N)cn2)C1. The summed E-state index contributed by atoms with van der Waals surface area (Å²) in [4.78, 5) is 15.4. The first-order chi connectivity index (χ1) is 11.5. The molecule has 1 heterocycles. The van der Waals surface area contributed by atoms with Crippen molar-refractivity contribution in [2.45, 2.75) is 30.8 Å². The van der Waals surface area contributed by atoms with E-state index < -0.39 is 9.84 Å². The molecule has 1 aromatic rings. The van der Waals surface area contributed by atoms with Gasteiger partial charge >= 0.3 is 5.97 Å². The summed E-state index contributed by atoms with van der Waals surface area (Å²) >= 11 is 0. The van der Waals surface area contributed by atoms with Crippen LogP contribution in [0.5, 0.6) is 0 Å². The largest absolute Gasteiger partial charge is 0.463 e. The zero-order chi connectivity index (χ0) is 17.6. The number of ether oxygens (including phenoxy) is 1. The number of sulfone groups is 1. The monoisotopic (exact) mass is 349 g/mol. The minimum absolute atomic E-state index is 0.0357. The van der Waals surface area contributed by atoms with Crippen molar-refractivity contribution >= 4 is 15.8 Å². The number of nitrogens with zero attached hydrogens (tertiary/aromatic N) is 2. The average molecular weight is 349 g/mol. The molecule has 0 amide bonds. The molecule has 0 saturated heterocycles. The normalized spacial score (nSPS) is 17.2. The smallest absolute Gasteiger partial charge is 0.333 e. The van der Waals surface area contributed by atoms with E-state index in [0.717, 1.165) is 0 Å². The van der Waals surface area contributed by atoms with Gasteiger partial charge in [0.15, 0.2) is 14.9 Å². The van der Waals surface area contributed by atoms with Gasteiger partial charge < -0.3 is 10.1 Å². The predicted octanol–water partition coefficient (Wildman–Crippen LogP) is 0.968. The molecule has 0 aliphatic heterocycles. The number of hydrogen-bond donors (Lipinski definition) is 1. The Bertz CT molecular complexity index is 764. The van der Waals surface area contributed by atoms with Crippen molar-refractivity contribution in [1.29, 1.82) is 5.26 Å². The van der Waals surface area contributed by atoms with Crippen LogP contribution in [0.3, 0.4) is 0 Å². The summed E-state index contributed by atoms with van der Waals surface area (Å²) in [5, 5.41) is 11.8. The lowest BCUT2D eigenvalue weighted by molar-refractivity contribution is -0.138. The van der Waals surface area contributed by atoms with Crippen LogP contribution in [0.1, 0.15) is 25.3 Å². The second kappa shape index (κ2) is 8.04. The number of esters is 1. The molecule has 1 aliphatic rings. The fourth-order valence-electron chi connectivity index (χ4n) is 2.39. The Morgan fingerprint density at radius 1 is 1.50 bits per heavy atom. The first-order valence-electron chi connectivity index (χ1n) is 7.64. The standard InChI is InChI=1S/C16H19N3O4S/c1-2-23-16(20)13-4-5-14(9-13)18-7-8-24(21,22)15-6-3-12(10-17)11-19-15/h3-4,6,11,14,18H,2,5,7-9H2,1H3. The third kappa shape index (κ3) is 4.63. The molecule has 8 heteroatoms. The Kier molecular flexibility index (Phi) is 6.06. The van der Waals surface area contributed by atoms with E-state index in [1.54, 1.807) is 6.92 Å². The molecule has 0 radical (unpaired) electrons. The van der Waals surface area contributed by atoms with Gasteiger partial charge in [-0.15, -0.1) is 0 Å². The van der Waals surface area contributed by atoms with Gasteiger partial charge in [-0.1, -0.05) is 6.08 Å². The molecule has 7 nitrogen and oxygen atoms in total. The fourth-order valence-corrected chi connectivity index (χ4v) is 3.48. The van der Waals surface area contributed by atoms with Crippen molar-refractivity contribution < 1.29 is 17.9 Å². The quantitative estimate of drug-likeness (QED) is 0.730. The Hall–Kier alpha value is -2.24. The lowest BCUT2D eigenvalue weighted by Gasteiger charge is -2.12. The zero-order valence-electron chi connectivity index (χ0n) is 13.4. The summed E-state index contributed by atoms with van der Waals surface area (Å²) in [5.41, 5.74) is 0.946. The van der Waals surface area contributed by atoms with E-state index in [2.05, 4.69) is 10.3 Å². The third-order valence-electron chi connectivity index (χ3n) is 3.64. The highest BCUT2D eigenvalue weighted by Crippen LogP contribution is 2.20. The maximum Gasteiger partial charge on any atom is 0.333 e. The highest BCUT2D eigenvalue weighted by atomic mass is 32.2. The topological polar surface area (TPSA) is 109 Å². The molecule has 24 heavy (non-hydrogen) atoms. The van der Waals surface area contributed by atoms with Crippen LogP contribution in [-0.2, 0) is 19.4 Å². The number of carbonyl (C=O) groups excluding carboxylic acids is 1. The second-order valence-corrected chi connectivity index (χ2v) is 7.41. The van der Waals surface area contributed by atoms with E-state index in [9.17, 15) is 13.2 Å². The maximum absolute atomic E-state index is 12.2. The summed E-state index contributed by atoms with van der Waals surface area (Å²) < 4.78 is 29.3. The van der Waals surface area contributed by atoms with E-state index in [0.29, 0.717) is 30.6 Å². The lowest BCUT2D eigenvalue weighted by atomic mass is 10.2. The Labute approximate surface area is 141 Å². The van der Waals surface area contributed by atoms with Crippen LogP contribution in [-0.4, -0.2) is 44.3 Å². The Morgan fingerprint density at radius 2 is 2.29 bits per heavy atom. The van der Waals surface area contributed by atoms with Crippen LogP contribution in [0.4, 0.5) is 0 Å². The molecule has 1 unspecified atom stereocenters. The molecule has 0 aromatic carbocycles. The molecule has 0 saturated carbocycles. The number of aromatic nitrogens is 1. The molecule has 0 fully saturated rings. The van der Waals surface area contributed by atoms with Gasteiger partial charge in [0, 0.05) is 24.4 Å². The van der Waals surface area contributed by atoms with Crippen molar-refractivity contribution in [1.82, 2.24) is 10.3 Å². The number of carbonyl (C=O) groups is 1. The Morgan fingerprint density at radius 3 is 2.92 bits per heavy atom. The molecule has 1 aliphatic carbocycles. The van der Waals surface area contributed by atoms with Crippen molar-refractivity contribution in [3.05, 3.63) is 35.5 Å². The zero-order valence-corrected chi connectivity index (χ0v) is 14.2. The van der Waals surface area contributed by atoms with Crippen LogP contribution < -0.4 is 5.32 Å². The number of nitriles is 1. The van der Waals surface area contributed by atoms with Crippen molar-refractivity contribution in [3.8, 4) is 6.07 Å². The van der Waals surface area contributed by atoms with Crippen molar-refractivity contribution in [3.63, 3.8) is 0 Å². The minimum Gasteiger partial charge on any atom is -0.463 e. The van der Waals surface area contributed by atoms with Crippen LogP contribution >= 0.6 is 0 Å². The molecular weight excluding hydrogens is 330 g/mol. The summed E-state index contributed by atoms with van der Waals surface area (Å²) in [6.45, 7) is 2.36. The number of rotatable bonds is 7. The first kappa shape index (κ1) is 18.1. The highest BCUT2D eigenvalue weighted by molar-refractivity contribution is 7.91. The predicted molar refractivity (Wildman–Crippen MR) is 86.7 cm³/mol. The molecule has 1 N–H and O–H groups in total. The van der Waals surface area contributed by atoms with E-state index in [4.69, 9.17) is 10.00 Å². The van der Waals surface area contributed by atoms with Gasteiger partial charge in [0.05, 0.1) is 17.9 Å². The molecule has 128 valence electrons. The van der Waals surface area contributed by atoms with Gasteiger partial charge in [-0.05, 0) is 31.9 Å². The van der Waals surface area contributed by atoms with Crippen molar-refractivity contribution in [2.75, 3.05) is 18.9 Å². The van der Waals surface area contributed by atoms with Gasteiger partial charge in [0.2, 0.25) is 0 Å². The number of hydrogen-bond acceptors (Lipinski definition) is 7. The van der Waals surface area contributed by atoms with E-state index in [-0.39, 0.29) is 29.3 Å². The fraction of sp³-hybridized carbons (Fsp3) is 0.438. The number of nitrogens with one attached hydrogen (secondary N) is 1. The average Bonchev–Trinajstić information content (AvgIpc) is 3.04. The van der Waals surface area contributed by atoms with Gasteiger partial charge in [0.25, 0.3) is 0 Å². The maximum atomic E-state index is 12.2. The third-order valence-corrected chi connectivity index (χ3v) is 5.26. The highest BCUT2D eigenvalue weighted by Gasteiger charge is 2.23. The summed E-state index contributed by atoms with van der Waals surface area (Å²) in [6.07, 6.45) is 4.27.